The van der Waals surface area contributed by atoms with Crippen LogP contribution in [-0.2, 0) is 19.4 Å². The smallest absolute Gasteiger partial charge is 0.231 e. The van der Waals surface area contributed by atoms with E-state index in [9.17, 15) is 0 Å². The van der Waals surface area contributed by atoms with Crippen LogP contribution < -0.4 is 9.80 Å². The Morgan fingerprint density at radius 3 is 0.671 bits per heavy atom. The molecule has 0 atom stereocenters. The Morgan fingerprint density at radius 2 is 0.482 bits per heavy atom. The lowest BCUT2D eigenvalue weighted by Gasteiger charge is -2.60. The number of piperidine rings is 4. The second kappa shape index (κ2) is 33.2. The fraction of sp³-hybridized carbons (Fsp3) is 0.958. The van der Waals surface area contributed by atoms with Crippen LogP contribution in [0.5, 0.6) is 0 Å². The number of nitrogens with zero attached hydrogens (tertiary/aromatic N) is 9. The molecule has 0 bridgehead atoms. The summed E-state index contributed by atoms with van der Waals surface area (Å²) in [5.41, 5.74) is -2.26. The van der Waals surface area contributed by atoms with Crippen LogP contribution in [0.15, 0.2) is 0 Å². The Labute approximate surface area is 529 Å². The van der Waals surface area contributed by atoms with Crippen molar-refractivity contribution in [3.63, 3.8) is 0 Å². The van der Waals surface area contributed by atoms with Crippen molar-refractivity contribution < 1.29 is 19.4 Å². The van der Waals surface area contributed by atoms with E-state index in [2.05, 4.69) is 169 Å². The summed E-state index contributed by atoms with van der Waals surface area (Å²) < 4.78 is 0. The summed E-state index contributed by atoms with van der Waals surface area (Å²) in [5, 5.41) is 9.70. The average Bonchev–Trinajstić information content (AvgIpc) is 1.08. The third-order valence-corrected chi connectivity index (χ3v) is 19.9. The van der Waals surface area contributed by atoms with Crippen LogP contribution in [0.25, 0.3) is 0 Å². The summed E-state index contributed by atoms with van der Waals surface area (Å²) >= 11 is 7.55. The highest BCUT2D eigenvalue weighted by atomic mass is 35.5. The minimum Gasteiger partial charge on any atom is -0.334 e. The van der Waals surface area contributed by atoms with E-state index in [1.165, 1.54) is 128 Å². The first-order valence-electron chi connectivity index (χ1n) is 35.6. The topological polar surface area (TPSA) is 95.0 Å². The van der Waals surface area contributed by atoms with Crippen molar-refractivity contribution in [1.29, 1.82) is 0 Å². The third-order valence-electron chi connectivity index (χ3n) is 19.8. The fourth-order valence-corrected chi connectivity index (χ4v) is 17.1. The zero-order valence-corrected chi connectivity index (χ0v) is 60.1. The predicted octanol–water partition coefficient (Wildman–Crippen LogP) is 19.4. The van der Waals surface area contributed by atoms with Gasteiger partial charge in [-0.15, -0.1) is 0 Å². The summed E-state index contributed by atoms with van der Waals surface area (Å²) in [4.78, 5) is 49.6. The van der Waals surface area contributed by atoms with Crippen molar-refractivity contribution >= 4 is 23.5 Å². The second-order valence-electron chi connectivity index (χ2n) is 32.3. The first-order valence-corrected chi connectivity index (χ1v) is 36.0. The Morgan fingerprint density at radius 1 is 0.306 bits per heavy atom. The first kappa shape index (κ1) is 74.3. The molecule has 1 aromatic rings. The predicted molar refractivity (Wildman–Crippen MR) is 359 cm³/mol. The quantitative estimate of drug-likeness (QED) is 0.0589. The molecular formula is C71H136ClN9O4. The number of anilines is 2. The molecule has 496 valence electrons. The summed E-state index contributed by atoms with van der Waals surface area (Å²) in [6.45, 7) is 50.4. The van der Waals surface area contributed by atoms with Crippen molar-refractivity contribution in [2.45, 2.75) is 412 Å². The lowest BCUT2D eigenvalue weighted by molar-refractivity contribution is -0.288. The number of hydroxylamine groups is 8. The van der Waals surface area contributed by atoms with Crippen LogP contribution in [0.2, 0.25) is 5.28 Å². The van der Waals surface area contributed by atoms with E-state index in [0.29, 0.717) is 11.9 Å². The maximum absolute atomic E-state index is 7.55. The highest BCUT2D eigenvalue weighted by Gasteiger charge is 2.56. The number of hydrogen-bond donors (Lipinski definition) is 0. The molecule has 0 aromatic carbocycles. The van der Waals surface area contributed by atoms with E-state index in [1.54, 1.807) is 0 Å². The van der Waals surface area contributed by atoms with Gasteiger partial charge in [-0.1, -0.05) is 156 Å². The van der Waals surface area contributed by atoms with Gasteiger partial charge in [0, 0.05) is 68.5 Å². The van der Waals surface area contributed by atoms with Gasteiger partial charge in [0.2, 0.25) is 17.2 Å². The molecule has 0 unspecified atom stereocenters. The second-order valence-corrected chi connectivity index (χ2v) is 32.7. The van der Waals surface area contributed by atoms with Gasteiger partial charge in [0.25, 0.3) is 0 Å². The molecule has 0 N–H and O–H groups in total. The van der Waals surface area contributed by atoms with Crippen molar-refractivity contribution in [3.8, 4) is 0 Å². The Balaban J connectivity index is 1.59. The molecule has 5 heterocycles. The third kappa shape index (κ3) is 21.3. The molecule has 0 amide bonds. The van der Waals surface area contributed by atoms with Gasteiger partial charge in [-0.3, -0.25) is 19.4 Å². The molecule has 0 aliphatic carbocycles. The molecule has 85 heavy (non-hydrogen) atoms. The van der Waals surface area contributed by atoms with Crippen molar-refractivity contribution in [2.75, 3.05) is 36.2 Å². The molecule has 4 aliphatic heterocycles. The Kier molecular flexibility index (Phi) is 29.1. The lowest BCUT2D eigenvalue weighted by Crippen LogP contribution is -2.69. The van der Waals surface area contributed by atoms with Crippen molar-refractivity contribution in [1.82, 2.24) is 35.2 Å². The van der Waals surface area contributed by atoms with Crippen molar-refractivity contribution in [3.05, 3.63) is 5.28 Å². The standard InChI is InChI=1S/C71H136ClN9O4/c1-21-25-29-33-37-41-45-82-78-64(5,6)49-57(50-65(78,7)8)76(58-51-66(9,10)79(67(11,12)52-58)83-46-42-38-34-30-26-22-2)62-73-61(72)74-63(75-62)77(59-53-68(13,14)80(69(15,16)54-59)84-47-43-39-35-31-27-23-3)60-55-70(17,18)81(71(19,20)56-60)85-48-44-40-36-32-28-24-4/h57-60H,21-56H2,1-20H3. The zero-order chi connectivity index (χ0) is 62.9. The van der Waals surface area contributed by atoms with Crippen LogP contribution >= 0.6 is 11.6 Å². The summed E-state index contributed by atoms with van der Waals surface area (Å²) in [6, 6.07) is 0.336. The van der Waals surface area contributed by atoms with Crippen LogP contribution in [0.3, 0.4) is 0 Å². The molecule has 4 aliphatic rings. The molecule has 1 aromatic heterocycles. The SMILES string of the molecule is CCCCCCCCON1C(C)(C)CC(N(c2nc(Cl)nc(N(C3CC(C)(C)N(OCCCCCCCC)C(C)(C)C3)C3CC(C)(C)N(OCCCCCCCC)C(C)(C)C3)n2)C2CC(C)(C)N(OCCCCCCCC)C(C)(C)C2)CC1(C)C. The Bertz CT molecular complexity index is 1740. The van der Waals surface area contributed by atoms with E-state index >= 15 is 0 Å². The van der Waals surface area contributed by atoms with Gasteiger partial charge in [-0.05, 0) is 199 Å². The maximum atomic E-state index is 7.55. The van der Waals surface area contributed by atoms with E-state index in [0.717, 1.165) is 103 Å². The first-order chi connectivity index (χ1) is 39.9. The van der Waals surface area contributed by atoms with E-state index in [4.69, 9.17) is 45.9 Å². The van der Waals surface area contributed by atoms with Gasteiger partial charge in [0.1, 0.15) is 0 Å². The van der Waals surface area contributed by atoms with Crippen LogP contribution in [-0.4, -0.2) is 130 Å². The molecule has 0 radical (unpaired) electrons. The molecule has 0 saturated carbocycles. The van der Waals surface area contributed by atoms with Gasteiger partial charge in [0.15, 0.2) is 0 Å². The van der Waals surface area contributed by atoms with E-state index in [1.807, 2.05) is 0 Å². The fourth-order valence-electron chi connectivity index (χ4n) is 17.0. The van der Waals surface area contributed by atoms with Gasteiger partial charge in [-0.2, -0.15) is 35.2 Å². The lowest BCUT2D eigenvalue weighted by atomic mass is 9.74. The number of hydrogen-bond acceptors (Lipinski definition) is 13. The summed E-state index contributed by atoms with van der Waals surface area (Å²) in [6.07, 6.45) is 36.8. The normalized spacial score (nSPS) is 23.0. The number of unbranched alkanes of at least 4 members (excludes halogenated alkanes) is 20. The van der Waals surface area contributed by atoms with Gasteiger partial charge in [0.05, 0.1) is 26.4 Å². The largest absolute Gasteiger partial charge is 0.334 e. The molecule has 4 saturated heterocycles. The van der Waals surface area contributed by atoms with Crippen LogP contribution in [0, 0.1) is 0 Å². The summed E-state index contributed by atoms with van der Waals surface area (Å²) in [5.74, 6) is 1.38. The van der Waals surface area contributed by atoms with Crippen molar-refractivity contribution in [2.24, 2.45) is 0 Å². The molecule has 0 spiro atoms. The molecular weight excluding hydrogens is 1080 g/mol. The average molecular weight is 1220 g/mol. The maximum Gasteiger partial charge on any atom is 0.231 e. The highest BCUT2D eigenvalue weighted by molar-refractivity contribution is 6.28. The Hall–Kier alpha value is -1.42. The molecule has 13 nitrogen and oxygen atoms in total. The van der Waals surface area contributed by atoms with Crippen LogP contribution in [0.4, 0.5) is 11.9 Å². The molecule has 14 heteroatoms. The number of aromatic nitrogens is 3. The minimum absolute atomic E-state index is 0.0839. The zero-order valence-electron chi connectivity index (χ0n) is 59.3. The minimum atomic E-state index is -0.283. The van der Waals surface area contributed by atoms with Crippen LogP contribution in [0.1, 0.15) is 344 Å². The summed E-state index contributed by atoms with van der Waals surface area (Å²) in [7, 11) is 0. The monoisotopic (exact) mass is 1210 g/mol. The molecule has 4 fully saturated rings. The number of halogens is 1. The van der Waals surface area contributed by atoms with Gasteiger partial charge in [-0.25, -0.2) is 0 Å². The highest BCUT2D eigenvalue weighted by Crippen LogP contribution is 2.50. The van der Waals surface area contributed by atoms with Gasteiger partial charge < -0.3 is 9.80 Å². The molecule has 5 rings (SSSR count). The number of rotatable bonds is 38. The van der Waals surface area contributed by atoms with E-state index in [-0.39, 0.29) is 73.8 Å². The van der Waals surface area contributed by atoms with Gasteiger partial charge >= 0.3 is 0 Å². The van der Waals surface area contributed by atoms with E-state index < -0.39 is 0 Å².